The number of rotatable bonds is 10. The average Bonchev–Trinajstić information content (AvgIpc) is 3.43. The van der Waals surface area contributed by atoms with Crippen LogP contribution in [0.3, 0.4) is 0 Å². The highest BCUT2D eigenvalue weighted by atomic mass is 35.5. The number of aromatic nitrogens is 2. The van der Waals surface area contributed by atoms with Gasteiger partial charge in [0.1, 0.15) is 0 Å². The van der Waals surface area contributed by atoms with Crippen LogP contribution in [0.15, 0.2) is 79.0 Å². The molecule has 2 amide bonds. The number of amides is 2. The lowest BCUT2D eigenvalue weighted by Gasteiger charge is -2.29. The standard InChI is InChI=1S/C32H30ClF3N4O4S/c1-31(2,3)26(17-28(41)42)45-18-19-6-4-7-20(14-19)29(43)37-25-11-10-22(33)16-24(25)30(44)38-27-12-13-40(39-27)23-9-5-8-21(15-23)32(34,35)36/h4-16,26H,17-18H2,1-3H3,(H,37,43)(H,41,42)(H,38,39,44). The molecule has 0 bridgehead atoms. The molecule has 0 saturated heterocycles. The fourth-order valence-corrected chi connectivity index (χ4v) is 5.83. The number of benzene rings is 3. The Bertz CT molecular complexity index is 1720. The van der Waals surface area contributed by atoms with E-state index in [1.165, 1.54) is 59.0 Å². The van der Waals surface area contributed by atoms with Gasteiger partial charge < -0.3 is 15.7 Å². The van der Waals surface area contributed by atoms with E-state index in [-0.39, 0.29) is 44.9 Å². The zero-order chi connectivity index (χ0) is 32.9. The zero-order valence-corrected chi connectivity index (χ0v) is 26.1. The van der Waals surface area contributed by atoms with Crippen LogP contribution in [-0.2, 0) is 16.7 Å². The third kappa shape index (κ3) is 9.11. The van der Waals surface area contributed by atoms with Gasteiger partial charge in [0.05, 0.1) is 28.9 Å². The molecule has 0 aliphatic carbocycles. The zero-order valence-electron chi connectivity index (χ0n) is 24.5. The second kappa shape index (κ2) is 13.8. The molecule has 0 aliphatic heterocycles. The Morgan fingerprint density at radius 3 is 2.38 bits per heavy atom. The van der Waals surface area contributed by atoms with Crippen LogP contribution in [0.5, 0.6) is 0 Å². The number of nitrogens with zero attached hydrogens (tertiary/aromatic N) is 2. The quantitative estimate of drug-likeness (QED) is 0.158. The molecule has 0 fully saturated rings. The Hall–Kier alpha value is -4.29. The SMILES string of the molecule is CC(C)(C)C(CC(=O)O)SCc1cccc(C(=O)Nc2ccc(Cl)cc2C(=O)Nc2ccn(-c3cccc(C(F)(F)F)c3)n2)c1. The maximum absolute atomic E-state index is 13.2. The number of nitrogens with one attached hydrogen (secondary N) is 2. The molecular weight excluding hydrogens is 629 g/mol. The molecule has 0 radical (unpaired) electrons. The molecule has 0 aliphatic rings. The van der Waals surface area contributed by atoms with Crippen LogP contribution >= 0.6 is 23.4 Å². The minimum absolute atomic E-state index is 0.0151. The summed E-state index contributed by atoms with van der Waals surface area (Å²) in [6, 6.07) is 17.3. The normalized spacial score (nSPS) is 12.4. The van der Waals surface area contributed by atoms with Gasteiger partial charge >= 0.3 is 12.1 Å². The summed E-state index contributed by atoms with van der Waals surface area (Å²) in [6.45, 7) is 5.96. The first kappa shape index (κ1) is 33.6. The van der Waals surface area contributed by atoms with Crippen molar-refractivity contribution in [2.45, 2.75) is 44.4 Å². The van der Waals surface area contributed by atoms with E-state index in [1.807, 2.05) is 26.8 Å². The molecule has 4 aromatic rings. The molecule has 1 atom stereocenters. The molecule has 13 heteroatoms. The molecule has 1 aromatic heterocycles. The van der Waals surface area contributed by atoms with Gasteiger partial charge in [-0.05, 0) is 59.5 Å². The van der Waals surface area contributed by atoms with Crippen molar-refractivity contribution in [3.8, 4) is 5.69 Å². The fourth-order valence-electron chi connectivity index (χ4n) is 4.32. The van der Waals surface area contributed by atoms with Crippen molar-refractivity contribution in [2.75, 3.05) is 10.6 Å². The van der Waals surface area contributed by atoms with Crippen molar-refractivity contribution in [1.29, 1.82) is 0 Å². The number of carbonyl (C=O) groups is 3. The van der Waals surface area contributed by atoms with E-state index in [0.717, 1.165) is 17.7 Å². The third-order valence-corrected chi connectivity index (χ3v) is 8.72. The number of hydrogen-bond acceptors (Lipinski definition) is 5. The van der Waals surface area contributed by atoms with Crippen LogP contribution < -0.4 is 10.6 Å². The predicted molar refractivity (Wildman–Crippen MR) is 169 cm³/mol. The van der Waals surface area contributed by atoms with E-state index in [2.05, 4.69) is 15.7 Å². The molecule has 3 N–H and O–H groups in total. The highest BCUT2D eigenvalue weighted by molar-refractivity contribution is 7.99. The van der Waals surface area contributed by atoms with Crippen molar-refractivity contribution in [3.05, 3.63) is 106 Å². The molecule has 1 unspecified atom stereocenters. The predicted octanol–water partition coefficient (Wildman–Crippen LogP) is 8.17. The minimum atomic E-state index is -4.52. The van der Waals surface area contributed by atoms with Gasteiger partial charge in [0.25, 0.3) is 11.8 Å². The lowest BCUT2D eigenvalue weighted by molar-refractivity contribution is -0.138. The number of carbonyl (C=O) groups excluding carboxylic acids is 2. The fraction of sp³-hybridized carbons (Fsp3) is 0.250. The van der Waals surface area contributed by atoms with Gasteiger partial charge in [-0.3, -0.25) is 14.4 Å². The van der Waals surface area contributed by atoms with Gasteiger partial charge in [-0.15, -0.1) is 0 Å². The molecule has 0 saturated carbocycles. The minimum Gasteiger partial charge on any atom is -0.481 e. The summed E-state index contributed by atoms with van der Waals surface area (Å²) < 4.78 is 40.6. The highest BCUT2D eigenvalue weighted by Gasteiger charge is 2.31. The number of alkyl halides is 3. The van der Waals surface area contributed by atoms with E-state index in [0.29, 0.717) is 11.3 Å². The Morgan fingerprint density at radius 1 is 0.956 bits per heavy atom. The van der Waals surface area contributed by atoms with Crippen LogP contribution in [0, 0.1) is 5.41 Å². The van der Waals surface area contributed by atoms with Crippen molar-refractivity contribution >= 4 is 52.7 Å². The maximum atomic E-state index is 13.2. The van der Waals surface area contributed by atoms with E-state index < -0.39 is 29.5 Å². The van der Waals surface area contributed by atoms with Crippen LogP contribution in [0.1, 0.15) is 59.0 Å². The lowest BCUT2D eigenvalue weighted by Crippen LogP contribution is -2.26. The average molecular weight is 659 g/mol. The second-order valence-corrected chi connectivity index (χ2v) is 12.9. The first-order chi connectivity index (χ1) is 21.1. The Morgan fingerprint density at radius 2 is 1.69 bits per heavy atom. The van der Waals surface area contributed by atoms with Gasteiger partial charge in [0.15, 0.2) is 5.82 Å². The molecule has 1 heterocycles. The number of hydrogen-bond donors (Lipinski definition) is 3. The Labute approximate surface area is 267 Å². The summed E-state index contributed by atoms with van der Waals surface area (Å²) in [5.74, 6) is -1.44. The van der Waals surface area contributed by atoms with Gasteiger partial charge in [-0.25, -0.2) is 4.68 Å². The maximum Gasteiger partial charge on any atom is 0.416 e. The number of thioether (sulfide) groups is 1. The Kier molecular flexibility index (Phi) is 10.3. The van der Waals surface area contributed by atoms with Crippen LogP contribution in [0.4, 0.5) is 24.7 Å². The number of aliphatic carboxylic acids is 1. The molecule has 236 valence electrons. The molecule has 8 nitrogen and oxygen atoms in total. The van der Waals surface area contributed by atoms with E-state index >= 15 is 0 Å². The van der Waals surface area contributed by atoms with Gasteiger partial charge in [-0.2, -0.15) is 30.0 Å². The molecule has 4 rings (SSSR count). The van der Waals surface area contributed by atoms with Gasteiger partial charge in [-0.1, -0.05) is 50.6 Å². The van der Waals surface area contributed by atoms with E-state index in [4.69, 9.17) is 11.6 Å². The molecule has 3 aromatic carbocycles. The van der Waals surface area contributed by atoms with E-state index in [1.54, 1.807) is 18.2 Å². The summed E-state index contributed by atoms with van der Waals surface area (Å²) in [5.41, 5.74) is 0.456. The molecule has 45 heavy (non-hydrogen) atoms. The second-order valence-electron chi connectivity index (χ2n) is 11.3. The topological polar surface area (TPSA) is 113 Å². The summed E-state index contributed by atoms with van der Waals surface area (Å²) in [7, 11) is 0. The Balaban J connectivity index is 1.48. The molecular formula is C32H30ClF3N4O4S. The summed E-state index contributed by atoms with van der Waals surface area (Å²) in [5, 5.41) is 18.9. The largest absolute Gasteiger partial charge is 0.481 e. The monoisotopic (exact) mass is 658 g/mol. The van der Waals surface area contributed by atoms with Gasteiger partial charge in [0, 0.05) is 33.9 Å². The number of anilines is 2. The third-order valence-electron chi connectivity index (χ3n) is 6.71. The number of carboxylic acids is 1. The van der Waals surface area contributed by atoms with Crippen molar-refractivity contribution in [3.63, 3.8) is 0 Å². The van der Waals surface area contributed by atoms with Gasteiger partial charge in [0.2, 0.25) is 0 Å². The summed E-state index contributed by atoms with van der Waals surface area (Å²) in [4.78, 5) is 37.8. The molecule has 0 spiro atoms. The highest BCUT2D eigenvalue weighted by Crippen LogP contribution is 2.35. The summed E-state index contributed by atoms with van der Waals surface area (Å²) in [6.07, 6.45) is -3.10. The van der Waals surface area contributed by atoms with Crippen molar-refractivity contribution < 1.29 is 32.7 Å². The summed E-state index contributed by atoms with van der Waals surface area (Å²) >= 11 is 7.66. The first-order valence-corrected chi connectivity index (χ1v) is 15.1. The number of halogens is 4. The van der Waals surface area contributed by atoms with Crippen molar-refractivity contribution in [1.82, 2.24) is 9.78 Å². The van der Waals surface area contributed by atoms with Crippen molar-refractivity contribution in [2.24, 2.45) is 5.41 Å². The van der Waals surface area contributed by atoms with E-state index in [9.17, 15) is 32.7 Å². The van der Waals surface area contributed by atoms with Crippen LogP contribution in [-0.4, -0.2) is 37.9 Å². The van der Waals surface area contributed by atoms with Crippen LogP contribution in [0.2, 0.25) is 5.02 Å². The number of carboxylic acid groups (broad SMARTS) is 1. The van der Waals surface area contributed by atoms with Crippen LogP contribution in [0.25, 0.3) is 5.69 Å². The smallest absolute Gasteiger partial charge is 0.416 e. The first-order valence-electron chi connectivity index (χ1n) is 13.7. The lowest BCUT2D eigenvalue weighted by atomic mass is 9.90.